The van der Waals surface area contributed by atoms with Gasteiger partial charge in [0, 0.05) is 19.4 Å². The quantitative estimate of drug-likeness (QED) is 0.715. The second-order valence-electron chi connectivity index (χ2n) is 3.77. The van der Waals surface area contributed by atoms with Crippen molar-refractivity contribution in [3.05, 3.63) is 36.1 Å². The van der Waals surface area contributed by atoms with E-state index in [2.05, 4.69) is 25.3 Å². The van der Waals surface area contributed by atoms with Crippen LogP contribution >= 0.6 is 11.6 Å². The number of nitrogens with zero attached hydrogens (tertiary/aromatic N) is 5. The maximum absolute atomic E-state index is 5.87. The summed E-state index contributed by atoms with van der Waals surface area (Å²) in [6, 6.07) is 3.70. The van der Waals surface area contributed by atoms with Crippen molar-refractivity contribution in [1.82, 2.24) is 24.5 Å². The molecule has 18 heavy (non-hydrogen) atoms. The first-order chi connectivity index (χ1) is 8.72. The van der Waals surface area contributed by atoms with E-state index in [1.54, 1.807) is 12.5 Å². The summed E-state index contributed by atoms with van der Waals surface area (Å²) in [4.78, 5) is 16.5. The molecule has 1 N–H and O–H groups in total. The molecule has 3 heterocycles. The van der Waals surface area contributed by atoms with Crippen molar-refractivity contribution < 1.29 is 0 Å². The highest BCUT2D eigenvalue weighted by Gasteiger charge is 2.08. The number of rotatable bonds is 2. The highest BCUT2D eigenvalue weighted by Crippen LogP contribution is 2.22. The van der Waals surface area contributed by atoms with Gasteiger partial charge < -0.3 is 9.88 Å². The maximum Gasteiger partial charge on any atom is 0.226 e. The van der Waals surface area contributed by atoms with Crippen molar-refractivity contribution >= 4 is 34.3 Å². The van der Waals surface area contributed by atoms with Gasteiger partial charge in [0.25, 0.3) is 0 Å². The molecule has 0 bridgehead atoms. The lowest BCUT2D eigenvalue weighted by atomic mass is 10.3. The zero-order valence-electron chi connectivity index (χ0n) is 9.50. The number of nitrogens with one attached hydrogen (secondary N) is 1. The molecule has 7 heteroatoms. The molecule has 0 aliphatic rings. The number of hydrogen-bond acceptors (Lipinski definition) is 5. The molecule has 0 saturated heterocycles. The molecule has 3 aromatic rings. The molecule has 0 unspecified atom stereocenters. The standard InChI is InChI=1S/C11H9ClN6/c1-18-5-8(14-6-18)15-10-7-3-2-4-13-9(7)16-11(12)17-10/h2-6H,1H3,(H,13,15,16,17). The fraction of sp³-hybridized carbons (Fsp3) is 0.0909. The van der Waals surface area contributed by atoms with Gasteiger partial charge in [-0.15, -0.1) is 0 Å². The van der Waals surface area contributed by atoms with Gasteiger partial charge in [0.1, 0.15) is 11.6 Å². The summed E-state index contributed by atoms with van der Waals surface area (Å²) in [6.45, 7) is 0. The molecular weight excluding hydrogens is 252 g/mol. The Bertz CT molecular complexity index is 708. The number of aryl methyl sites for hydroxylation is 1. The number of anilines is 2. The van der Waals surface area contributed by atoms with Gasteiger partial charge in [-0.2, -0.15) is 9.97 Å². The Morgan fingerprint density at radius 2 is 2.17 bits per heavy atom. The second kappa shape index (κ2) is 4.23. The Hall–Kier alpha value is -2.21. The number of imidazole rings is 1. The molecule has 0 fully saturated rings. The third-order valence-electron chi connectivity index (χ3n) is 2.40. The average molecular weight is 261 g/mol. The van der Waals surface area contributed by atoms with Gasteiger partial charge in [-0.05, 0) is 23.7 Å². The van der Waals surface area contributed by atoms with Gasteiger partial charge in [0.05, 0.1) is 11.7 Å². The van der Waals surface area contributed by atoms with Crippen LogP contribution in [0, 0.1) is 0 Å². The minimum atomic E-state index is 0.152. The first-order valence-electron chi connectivity index (χ1n) is 5.25. The molecule has 0 aromatic carbocycles. The monoisotopic (exact) mass is 260 g/mol. The topological polar surface area (TPSA) is 68.5 Å². The van der Waals surface area contributed by atoms with E-state index in [-0.39, 0.29) is 5.28 Å². The van der Waals surface area contributed by atoms with Crippen LogP contribution in [0.15, 0.2) is 30.9 Å². The van der Waals surface area contributed by atoms with Crippen molar-refractivity contribution in [3.8, 4) is 0 Å². The molecule has 0 aliphatic carbocycles. The highest BCUT2D eigenvalue weighted by atomic mass is 35.5. The van der Waals surface area contributed by atoms with E-state index in [0.29, 0.717) is 17.3 Å². The molecule has 0 radical (unpaired) electrons. The summed E-state index contributed by atoms with van der Waals surface area (Å²) in [5.74, 6) is 1.29. The van der Waals surface area contributed by atoms with Crippen molar-refractivity contribution in [3.63, 3.8) is 0 Å². The van der Waals surface area contributed by atoms with Crippen LogP contribution in [0.4, 0.5) is 11.6 Å². The Kier molecular flexibility index (Phi) is 2.56. The molecule has 0 atom stereocenters. The van der Waals surface area contributed by atoms with E-state index in [9.17, 15) is 0 Å². The number of halogens is 1. The summed E-state index contributed by atoms with van der Waals surface area (Å²) < 4.78 is 1.84. The lowest BCUT2D eigenvalue weighted by Gasteiger charge is -2.05. The van der Waals surface area contributed by atoms with E-state index in [4.69, 9.17) is 11.6 Å². The van der Waals surface area contributed by atoms with Crippen LogP contribution in [0.3, 0.4) is 0 Å². The minimum Gasteiger partial charge on any atom is -0.338 e. The van der Waals surface area contributed by atoms with E-state index in [0.717, 1.165) is 5.39 Å². The van der Waals surface area contributed by atoms with Gasteiger partial charge in [0.2, 0.25) is 5.28 Å². The van der Waals surface area contributed by atoms with Crippen LogP contribution < -0.4 is 5.32 Å². The lowest BCUT2D eigenvalue weighted by molar-refractivity contribution is 0.913. The fourth-order valence-electron chi connectivity index (χ4n) is 1.63. The van der Waals surface area contributed by atoms with Crippen molar-refractivity contribution in [1.29, 1.82) is 0 Å². The van der Waals surface area contributed by atoms with E-state index < -0.39 is 0 Å². The van der Waals surface area contributed by atoms with Crippen LogP contribution in [-0.2, 0) is 7.05 Å². The summed E-state index contributed by atoms with van der Waals surface area (Å²) in [5.41, 5.74) is 0.552. The molecule has 3 aromatic heterocycles. The Morgan fingerprint density at radius 1 is 1.28 bits per heavy atom. The summed E-state index contributed by atoms with van der Waals surface area (Å²) in [6.07, 6.45) is 5.21. The molecule has 0 saturated carbocycles. The Labute approximate surface area is 108 Å². The summed E-state index contributed by atoms with van der Waals surface area (Å²) in [7, 11) is 1.89. The van der Waals surface area contributed by atoms with Crippen molar-refractivity contribution in [2.75, 3.05) is 5.32 Å². The Balaban J connectivity index is 2.10. The fourth-order valence-corrected chi connectivity index (χ4v) is 1.79. The molecular formula is C11H9ClN6. The van der Waals surface area contributed by atoms with E-state index >= 15 is 0 Å². The van der Waals surface area contributed by atoms with Gasteiger partial charge >= 0.3 is 0 Å². The normalized spacial score (nSPS) is 10.8. The number of fused-ring (bicyclic) bond motifs is 1. The zero-order valence-corrected chi connectivity index (χ0v) is 10.3. The summed E-state index contributed by atoms with van der Waals surface area (Å²) in [5, 5.41) is 4.05. The van der Waals surface area contributed by atoms with Crippen molar-refractivity contribution in [2.24, 2.45) is 7.05 Å². The van der Waals surface area contributed by atoms with Crippen molar-refractivity contribution in [2.45, 2.75) is 0 Å². The molecule has 90 valence electrons. The van der Waals surface area contributed by atoms with Gasteiger partial charge in [-0.1, -0.05) is 0 Å². The Morgan fingerprint density at radius 3 is 2.94 bits per heavy atom. The lowest BCUT2D eigenvalue weighted by Crippen LogP contribution is -1.98. The first kappa shape index (κ1) is 10.9. The molecule has 0 spiro atoms. The summed E-state index contributed by atoms with van der Waals surface area (Å²) >= 11 is 5.87. The highest BCUT2D eigenvalue weighted by molar-refractivity contribution is 6.28. The molecule has 6 nitrogen and oxygen atoms in total. The van der Waals surface area contributed by atoms with Gasteiger partial charge in [-0.3, -0.25) is 0 Å². The largest absolute Gasteiger partial charge is 0.338 e. The predicted molar refractivity (Wildman–Crippen MR) is 68.8 cm³/mol. The average Bonchev–Trinajstić information content (AvgIpc) is 2.74. The van der Waals surface area contributed by atoms with Crippen LogP contribution in [-0.4, -0.2) is 24.5 Å². The number of aromatic nitrogens is 5. The smallest absolute Gasteiger partial charge is 0.226 e. The first-order valence-corrected chi connectivity index (χ1v) is 5.63. The molecule has 0 aliphatic heterocycles. The predicted octanol–water partition coefficient (Wildman–Crippen LogP) is 2.16. The zero-order chi connectivity index (χ0) is 12.5. The van der Waals surface area contributed by atoms with Gasteiger partial charge in [0.15, 0.2) is 5.65 Å². The second-order valence-corrected chi connectivity index (χ2v) is 4.10. The van der Waals surface area contributed by atoms with Gasteiger partial charge in [-0.25, -0.2) is 9.97 Å². The van der Waals surface area contributed by atoms with Crippen LogP contribution in [0.5, 0.6) is 0 Å². The van der Waals surface area contributed by atoms with Crippen LogP contribution in [0.25, 0.3) is 11.0 Å². The SMILES string of the molecule is Cn1cnc(Nc2nc(Cl)nc3ncccc23)c1. The van der Waals surface area contributed by atoms with E-state index in [1.165, 1.54) is 0 Å². The van der Waals surface area contributed by atoms with Crippen LogP contribution in [0.2, 0.25) is 5.28 Å². The maximum atomic E-state index is 5.87. The minimum absolute atomic E-state index is 0.152. The molecule has 0 amide bonds. The molecule has 3 rings (SSSR count). The third-order valence-corrected chi connectivity index (χ3v) is 2.56. The van der Waals surface area contributed by atoms with Crippen LogP contribution in [0.1, 0.15) is 0 Å². The number of hydrogen-bond donors (Lipinski definition) is 1. The number of pyridine rings is 1. The third kappa shape index (κ3) is 1.98. The van der Waals surface area contributed by atoms with E-state index in [1.807, 2.05) is 29.9 Å².